The minimum atomic E-state index is 0.150. The Labute approximate surface area is 137 Å². The van der Waals surface area contributed by atoms with Gasteiger partial charge in [0.2, 0.25) is 0 Å². The molecule has 0 spiro atoms. The van der Waals surface area contributed by atoms with E-state index in [0.717, 1.165) is 49.2 Å². The Morgan fingerprint density at radius 3 is 2.74 bits per heavy atom. The van der Waals surface area contributed by atoms with E-state index in [4.69, 9.17) is 9.47 Å². The predicted octanol–water partition coefficient (Wildman–Crippen LogP) is 3.14. The Morgan fingerprint density at radius 1 is 1.17 bits per heavy atom. The molecule has 122 valence electrons. The first-order valence-corrected chi connectivity index (χ1v) is 8.27. The zero-order valence-electron chi connectivity index (χ0n) is 13.6. The molecular weight excluding hydrogens is 290 g/mol. The van der Waals surface area contributed by atoms with E-state index < -0.39 is 0 Å². The van der Waals surface area contributed by atoms with E-state index in [2.05, 4.69) is 4.90 Å². The third-order valence-electron chi connectivity index (χ3n) is 4.23. The van der Waals surface area contributed by atoms with Crippen molar-refractivity contribution in [1.29, 1.82) is 0 Å². The quantitative estimate of drug-likeness (QED) is 0.768. The number of morpholine rings is 1. The first kappa shape index (κ1) is 16.0. The summed E-state index contributed by atoms with van der Waals surface area (Å²) < 4.78 is 11.1. The summed E-state index contributed by atoms with van der Waals surface area (Å²) in [6.07, 6.45) is 0.508. The van der Waals surface area contributed by atoms with Crippen LogP contribution in [0.5, 0.6) is 5.75 Å². The van der Waals surface area contributed by atoms with Crippen molar-refractivity contribution in [3.05, 3.63) is 42.0 Å². The minimum Gasteiger partial charge on any atom is -0.493 e. The number of fused-ring (bicyclic) bond motifs is 1. The molecule has 1 aliphatic heterocycles. The molecule has 1 heterocycles. The predicted molar refractivity (Wildman–Crippen MR) is 91.3 cm³/mol. The second kappa shape index (κ2) is 7.57. The highest BCUT2D eigenvalue weighted by Crippen LogP contribution is 2.29. The van der Waals surface area contributed by atoms with Crippen LogP contribution < -0.4 is 4.74 Å². The summed E-state index contributed by atoms with van der Waals surface area (Å²) in [6, 6.07) is 11.9. The minimum absolute atomic E-state index is 0.150. The first-order valence-electron chi connectivity index (χ1n) is 8.27. The normalized spacial score (nSPS) is 15.7. The van der Waals surface area contributed by atoms with Gasteiger partial charge in [0, 0.05) is 26.1 Å². The molecule has 0 atom stereocenters. The number of ether oxygens (including phenoxy) is 2. The molecule has 1 fully saturated rings. The van der Waals surface area contributed by atoms with E-state index in [1.807, 2.05) is 43.3 Å². The zero-order valence-corrected chi connectivity index (χ0v) is 13.6. The standard InChI is InChI=1S/C19H23NO3/c1-2-23-18-8-7-15-5-3-4-6-16(15)19(18)17(21)9-10-20-11-13-22-14-12-20/h3-8H,2,9-14H2,1H3. The van der Waals surface area contributed by atoms with Crippen molar-refractivity contribution in [2.24, 2.45) is 0 Å². The van der Waals surface area contributed by atoms with Crippen molar-refractivity contribution in [2.75, 3.05) is 39.5 Å². The highest BCUT2D eigenvalue weighted by atomic mass is 16.5. The first-order chi connectivity index (χ1) is 11.3. The Kier molecular flexibility index (Phi) is 5.26. The summed E-state index contributed by atoms with van der Waals surface area (Å²) in [4.78, 5) is 15.1. The van der Waals surface area contributed by atoms with Crippen LogP contribution in [0.1, 0.15) is 23.7 Å². The second-order valence-corrected chi connectivity index (χ2v) is 5.72. The fourth-order valence-electron chi connectivity index (χ4n) is 3.02. The van der Waals surface area contributed by atoms with Gasteiger partial charge >= 0.3 is 0 Å². The third-order valence-corrected chi connectivity index (χ3v) is 4.23. The van der Waals surface area contributed by atoms with Gasteiger partial charge in [0.25, 0.3) is 0 Å². The lowest BCUT2D eigenvalue weighted by molar-refractivity contribution is 0.0370. The Bertz CT molecular complexity index is 677. The van der Waals surface area contributed by atoms with Crippen molar-refractivity contribution in [3.8, 4) is 5.75 Å². The summed E-state index contributed by atoms with van der Waals surface area (Å²) >= 11 is 0. The van der Waals surface area contributed by atoms with Crippen LogP contribution in [-0.4, -0.2) is 50.1 Å². The molecule has 0 saturated carbocycles. The van der Waals surface area contributed by atoms with Crippen LogP contribution in [0.15, 0.2) is 36.4 Å². The van der Waals surface area contributed by atoms with Gasteiger partial charge in [0.05, 0.1) is 25.4 Å². The van der Waals surface area contributed by atoms with Crippen molar-refractivity contribution < 1.29 is 14.3 Å². The van der Waals surface area contributed by atoms with E-state index in [1.165, 1.54) is 0 Å². The van der Waals surface area contributed by atoms with Crippen LogP contribution in [-0.2, 0) is 4.74 Å². The van der Waals surface area contributed by atoms with Gasteiger partial charge in [0.1, 0.15) is 5.75 Å². The van der Waals surface area contributed by atoms with Gasteiger partial charge in [-0.05, 0) is 23.8 Å². The monoisotopic (exact) mass is 313 g/mol. The van der Waals surface area contributed by atoms with Gasteiger partial charge < -0.3 is 9.47 Å². The highest BCUT2D eigenvalue weighted by Gasteiger charge is 2.18. The maximum Gasteiger partial charge on any atom is 0.168 e. The average molecular weight is 313 g/mol. The van der Waals surface area contributed by atoms with Crippen LogP contribution in [0.3, 0.4) is 0 Å². The number of rotatable bonds is 6. The maximum absolute atomic E-state index is 12.9. The molecule has 1 aliphatic rings. The summed E-state index contributed by atoms with van der Waals surface area (Å²) in [6.45, 7) is 6.60. The fraction of sp³-hybridized carbons (Fsp3) is 0.421. The molecule has 1 saturated heterocycles. The van der Waals surface area contributed by atoms with Gasteiger partial charge in [-0.2, -0.15) is 0 Å². The molecule has 0 unspecified atom stereocenters. The molecule has 4 heteroatoms. The number of carbonyl (C=O) groups is 1. The number of nitrogens with zero attached hydrogens (tertiary/aromatic N) is 1. The van der Waals surface area contributed by atoms with Crippen LogP contribution >= 0.6 is 0 Å². The van der Waals surface area contributed by atoms with Gasteiger partial charge in [-0.15, -0.1) is 0 Å². The lowest BCUT2D eigenvalue weighted by Crippen LogP contribution is -2.37. The topological polar surface area (TPSA) is 38.8 Å². The lowest BCUT2D eigenvalue weighted by Gasteiger charge is -2.26. The molecule has 3 rings (SSSR count). The van der Waals surface area contributed by atoms with Gasteiger partial charge in [-0.3, -0.25) is 9.69 Å². The largest absolute Gasteiger partial charge is 0.493 e. The third kappa shape index (κ3) is 3.71. The molecule has 0 amide bonds. The van der Waals surface area contributed by atoms with E-state index in [-0.39, 0.29) is 5.78 Å². The van der Waals surface area contributed by atoms with E-state index in [9.17, 15) is 4.79 Å². The molecule has 23 heavy (non-hydrogen) atoms. The van der Waals surface area contributed by atoms with Crippen molar-refractivity contribution in [2.45, 2.75) is 13.3 Å². The number of ketones is 1. The van der Waals surface area contributed by atoms with Crippen LogP contribution in [0.2, 0.25) is 0 Å². The number of carbonyl (C=O) groups excluding carboxylic acids is 1. The number of hydrogen-bond donors (Lipinski definition) is 0. The highest BCUT2D eigenvalue weighted by molar-refractivity contribution is 6.10. The Balaban J connectivity index is 1.83. The fourth-order valence-corrected chi connectivity index (χ4v) is 3.02. The van der Waals surface area contributed by atoms with E-state index >= 15 is 0 Å². The summed E-state index contributed by atoms with van der Waals surface area (Å²) in [7, 11) is 0. The average Bonchev–Trinajstić information content (AvgIpc) is 2.60. The van der Waals surface area contributed by atoms with Crippen molar-refractivity contribution in [1.82, 2.24) is 4.90 Å². The summed E-state index contributed by atoms with van der Waals surface area (Å²) in [5.74, 6) is 0.843. The molecule has 2 aromatic carbocycles. The molecule has 0 radical (unpaired) electrons. The van der Waals surface area contributed by atoms with E-state index in [1.54, 1.807) is 0 Å². The maximum atomic E-state index is 12.9. The Morgan fingerprint density at radius 2 is 1.96 bits per heavy atom. The molecule has 2 aromatic rings. The Hall–Kier alpha value is -1.91. The van der Waals surface area contributed by atoms with E-state index in [0.29, 0.717) is 18.8 Å². The van der Waals surface area contributed by atoms with Crippen molar-refractivity contribution >= 4 is 16.6 Å². The number of Topliss-reactive ketones (excluding diaryl/α,β-unsaturated/α-hetero) is 1. The number of benzene rings is 2. The van der Waals surface area contributed by atoms with Gasteiger partial charge in [-0.25, -0.2) is 0 Å². The summed E-state index contributed by atoms with van der Waals surface area (Å²) in [5, 5.41) is 2.05. The van der Waals surface area contributed by atoms with Crippen LogP contribution in [0.4, 0.5) is 0 Å². The molecule has 4 nitrogen and oxygen atoms in total. The van der Waals surface area contributed by atoms with Gasteiger partial charge in [-0.1, -0.05) is 30.3 Å². The molecule has 0 N–H and O–H groups in total. The summed E-state index contributed by atoms with van der Waals surface area (Å²) in [5.41, 5.74) is 0.721. The molecule has 0 bridgehead atoms. The molecular formula is C19H23NO3. The smallest absolute Gasteiger partial charge is 0.168 e. The number of hydrogen-bond acceptors (Lipinski definition) is 4. The molecule has 0 aromatic heterocycles. The van der Waals surface area contributed by atoms with Crippen molar-refractivity contribution in [3.63, 3.8) is 0 Å². The van der Waals surface area contributed by atoms with Crippen LogP contribution in [0, 0.1) is 0 Å². The lowest BCUT2D eigenvalue weighted by atomic mass is 9.98. The van der Waals surface area contributed by atoms with Crippen LogP contribution in [0.25, 0.3) is 10.8 Å². The molecule has 0 aliphatic carbocycles. The van der Waals surface area contributed by atoms with Gasteiger partial charge in [0.15, 0.2) is 5.78 Å². The SMILES string of the molecule is CCOc1ccc2ccccc2c1C(=O)CCN1CCOCC1. The zero-order chi connectivity index (χ0) is 16.1. The second-order valence-electron chi connectivity index (χ2n) is 5.72.